The van der Waals surface area contributed by atoms with E-state index in [9.17, 15) is 9.59 Å². The molecule has 1 atom stereocenters. The number of fused-ring (bicyclic) bond motifs is 1. The molecule has 4 aromatic rings. The maximum atomic E-state index is 13.6. The van der Waals surface area contributed by atoms with Crippen LogP contribution in [0.5, 0.6) is 11.5 Å². The van der Waals surface area contributed by atoms with Gasteiger partial charge in [-0.05, 0) is 49.2 Å². The molecule has 0 spiro atoms. The predicted octanol–water partition coefficient (Wildman–Crippen LogP) is 5.53. The summed E-state index contributed by atoms with van der Waals surface area (Å²) < 4.78 is 17.8. The average Bonchev–Trinajstić information content (AvgIpc) is 3.39. The second-order valence-corrected chi connectivity index (χ2v) is 9.63. The number of amides is 1. The maximum absolute atomic E-state index is 13.6. The zero-order valence-electron chi connectivity index (χ0n) is 20.3. The fourth-order valence-electron chi connectivity index (χ4n) is 3.66. The van der Waals surface area contributed by atoms with Gasteiger partial charge in [-0.25, -0.2) is 4.98 Å². The molecular formula is C26H26ClN3O5S. The Morgan fingerprint density at radius 1 is 1.19 bits per heavy atom. The number of ether oxygens (including phenoxy) is 2. The standard InChI is InChI=1S/C26H26ClN3O5S/c1-5-23(24(31)28-16-9-8-15(2)19(27)11-16)36-26-29-20-13-22(34-4)21(33-3)12-18(20)25(32)30(26)14-17-7-6-10-35-17/h6-13,23H,5,14H2,1-4H3,(H,28,31)/t23-/m1/s1. The molecule has 36 heavy (non-hydrogen) atoms. The molecule has 2 aromatic heterocycles. The molecule has 1 amide bonds. The number of carbonyl (C=O) groups excluding carboxylic acids is 1. The summed E-state index contributed by atoms with van der Waals surface area (Å²) in [6, 6.07) is 12.2. The second-order valence-electron chi connectivity index (χ2n) is 8.06. The topological polar surface area (TPSA) is 95.6 Å². The van der Waals surface area contributed by atoms with E-state index >= 15 is 0 Å². The maximum Gasteiger partial charge on any atom is 0.262 e. The van der Waals surface area contributed by atoms with Gasteiger partial charge in [-0.15, -0.1) is 0 Å². The third kappa shape index (κ3) is 5.37. The minimum Gasteiger partial charge on any atom is -0.493 e. The Balaban J connectivity index is 1.74. The number of aromatic nitrogens is 2. The van der Waals surface area contributed by atoms with Gasteiger partial charge in [0.1, 0.15) is 5.76 Å². The van der Waals surface area contributed by atoms with E-state index in [4.69, 9.17) is 30.5 Å². The number of aryl methyl sites for hydroxylation is 1. The molecule has 0 aliphatic carbocycles. The van der Waals surface area contributed by atoms with Gasteiger partial charge in [0.05, 0.1) is 43.2 Å². The molecule has 0 bridgehead atoms. The lowest BCUT2D eigenvalue weighted by molar-refractivity contribution is -0.115. The van der Waals surface area contributed by atoms with E-state index in [1.54, 1.807) is 42.7 Å². The van der Waals surface area contributed by atoms with Crippen molar-refractivity contribution in [2.24, 2.45) is 0 Å². The van der Waals surface area contributed by atoms with Gasteiger partial charge in [0.15, 0.2) is 16.7 Å². The van der Waals surface area contributed by atoms with Crippen molar-refractivity contribution in [3.8, 4) is 11.5 Å². The van der Waals surface area contributed by atoms with Crippen LogP contribution in [0.25, 0.3) is 10.9 Å². The Kier molecular flexibility index (Phi) is 7.91. The molecule has 0 aliphatic rings. The average molecular weight is 528 g/mol. The quantitative estimate of drug-likeness (QED) is 0.226. The largest absolute Gasteiger partial charge is 0.493 e. The highest BCUT2D eigenvalue weighted by molar-refractivity contribution is 8.00. The number of nitrogens with zero attached hydrogens (tertiary/aromatic N) is 2. The monoisotopic (exact) mass is 527 g/mol. The van der Waals surface area contributed by atoms with Crippen molar-refractivity contribution in [2.75, 3.05) is 19.5 Å². The summed E-state index contributed by atoms with van der Waals surface area (Å²) in [6.45, 7) is 3.97. The number of anilines is 1. The molecule has 10 heteroatoms. The van der Waals surface area contributed by atoms with Crippen LogP contribution in [-0.2, 0) is 11.3 Å². The molecule has 0 aliphatic heterocycles. The molecular weight excluding hydrogens is 502 g/mol. The zero-order valence-corrected chi connectivity index (χ0v) is 21.9. The summed E-state index contributed by atoms with van der Waals surface area (Å²) in [5.74, 6) is 1.26. The molecule has 2 aromatic carbocycles. The van der Waals surface area contributed by atoms with Crippen molar-refractivity contribution >= 4 is 45.9 Å². The number of methoxy groups -OCH3 is 2. The first-order chi connectivity index (χ1) is 17.3. The van der Waals surface area contributed by atoms with Gasteiger partial charge in [-0.3, -0.25) is 14.2 Å². The molecule has 0 saturated carbocycles. The normalized spacial score (nSPS) is 11.9. The zero-order chi connectivity index (χ0) is 25.8. The summed E-state index contributed by atoms with van der Waals surface area (Å²) in [5, 5.41) is 3.73. The van der Waals surface area contributed by atoms with E-state index in [-0.39, 0.29) is 18.0 Å². The number of halogens is 1. The fourth-order valence-corrected chi connectivity index (χ4v) is 4.85. The Hall–Kier alpha value is -3.43. The number of thioether (sulfide) groups is 1. The van der Waals surface area contributed by atoms with Gasteiger partial charge in [0.2, 0.25) is 5.91 Å². The van der Waals surface area contributed by atoms with E-state index < -0.39 is 5.25 Å². The Morgan fingerprint density at radius 2 is 1.94 bits per heavy atom. The first-order valence-corrected chi connectivity index (χ1v) is 12.5. The predicted molar refractivity (Wildman–Crippen MR) is 142 cm³/mol. The third-order valence-corrected chi connectivity index (χ3v) is 7.43. The highest BCUT2D eigenvalue weighted by atomic mass is 35.5. The van der Waals surface area contributed by atoms with E-state index in [1.165, 1.54) is 30.5 Å². The highest BCUT2D eigenvalue weighted by Gasteiger charge is 2.23. The molecule has 0 radical (unpaired) electrons. The summed E-state index contributed by atoms with van der Waals surface area (Å²) in [6.07, 6.45) is 2.06. The summed E-state index contributed by atoms with van der Waals surface area (Å²) in [7, 11) is 3.03. The summed E-state index contributed by atoms with van der Waals surface area (Å²) in [5.41, 5.74) is 1.69. The van der Waals surface area contributed by atoms with Crippen LogP contribution in [0, 0.1) is 6.92 Å². The summed E-state index contributed by atoms with van der Waals surface area (Å²) in [4.78, 5) is 31.5. The van der Waals surface area contributed by atoms with Crippen LogP contribution in [0.4, 0.5) is 5.69 Å². The van der Waals surface area contributed by atoms with Gasteiger partial charge in [0, 0.05) is 16.8 Å². The lowest BCUT2D eigenvalue weighted by Crippen LogP contribution is -2.28. The number of hydrogen-bond donors (Lipinski definition) is 1. The van der Waals surface area contributed by atoms with Gasteiger partial charge in [-0.1, -0.05) is 36.4 Å². The molecule has 0 unspecified atom stereocenters. The second kappa shape index (κ2) is 11.1. The van der Waals surface area contributed by atoms with Gasteiger partial charge < -0.3 is 19.2 Å². The van der Waals surface area contributed by atoms with Crippen LogP contribution in [0.15, 0.2) is 63.1 Å². The first-order valence-electron chi connectivity index (χ1n) is 11.3. The van der Waals surface area contributed by atoms with Crippen molar-refractivity contribution < 1.29 is 18.7 Å². The minimum absolute atomic E-state index is 0.164. The van der Waals surface area contributed by atoms with E-state index in [1.807, 2.05) is 19.9 Å². The number of nitrogens with one attached hydrogen (secondary N) is 1. The van der Waals surface area contributed by atoms with Crippen LogP contribution >= 0.6 is 23.4 Å². The molecule has 8 nitrogen and oxygen atoms in total. The van der Waals surface area contributed by atoms with Crippen molar-refractivity contribution in [1.82, 2.24) is 9.55 Å². The first kappa shape index (κ1) is 25.7. The van der Waals surface area contributed by atoms with Crippen molar-refractivity contribution in [3.05, 3.63) is 75.4 Å². The Morgan fingerprint density at radius 3 is 2.58 bits per heavy atom. The molecule has 0 saturated heterocycles. The molecule has 0 fully saturated rings. The van der Waals surface area contributed by atoms with Crippen LogP contribution in [0.3, 0.4) is 0 Å². The van der Waals surface area contributed by atoms with E-state index in [0.717, 1.165) is 5.56 Å². The van der Waals surface area contributed by atoms with Crippen LogP contribution in [0.2, 0.25) is 5.02 Å². The Labute approximate surface area is 217 Å². The van der Waals surface area contributed by atoms with Crippen molar-refractivity contribution in [1.29, 1.82) is 0 Å². The Bertz CT molecular complexity index is 1450. The van der Waals surface area contributed by atoms with Crippen LogP contribution in [0.1, 0.15) is 24.7 Å². The molecule has 1 N–H and O–H groups in total. The lowest BCUT2D eigenvalue weighted by atomic mass is 10.2. The molecule has 188 valence electrons. The number of hydrogen-bond acceptors (Lipinski definition) is 7. The number of furan rings is 1. The lowest BCUT2D eigenvalue weighted by Gasteiger charge is -2.18. The van der Waals surface area contributed by atoms with Gasteiger partial charge >= 0.3 is 0 Å². The minimum atomic E-state index is -0.516. The van der Waals surface area contributed by atoms with E-state index in [0.29, 0.717) is 50.4 Å². The van der Waals surface area contributed by atoms with Crippen LogP contribution < -0.4 is 20.3 Å². The summed E-state index contributed by atoms with van der Waals surface area (Å²) >= 11 is 7.43. The van der Waals surface area contributed by atoms with Crippen molar-refractivity contribution in [3.63, 3.8) is 0 Å². The SMILES string of the molecule is CC[C@@H](Sc1nc2cc(OC)c(OC)cc2c(=O)n1Cc1ccco1)C(=O)Nc1ccc(C)c(Cl)c1. The highest BCUT2D eigenvalue weighted by Crippen LogP contribution is 2.32. The third-order valence-electron chi connectivity index (χ3n) is 5.67. The number of benzene rings is 2. The van der Waals surface area contributed by atoms with Gasteiger partial charge in [0.25, 0.3) is 5.56 Å². The van der Waals surface area contributed by atoms with Gasteiger partial charge in [-0.2, -0.15) is 0 Å². The molecule has 2 heterocycles. The van der Waals surface area contributed by atoms with Crippen LogP contribution in [-0.4, -0.2) is 34.9 Å². The number of carbonyl (C=O) groups is 1. The molecule has 4 rings (SSSR count). The van der Waals surface area contributed by atoms with Crippen molar-refractivity contribution in [2.45, 2.75) is 37.2 Å². The smallest absolute Gasteiger partial charge is 0.262 e. The number of rotatable bonds is 9. The van der Waals surface area contributed by atoms with E-state index in [2.05, 4.69) is 5.32 Å². The fraction of sp³-hybridized carbons (Fsp3) is 0.269.